The van der Waals surface area contributed by atoms with Gasteiger partial charge >= 0.3 is 0 Å². The molecule has 2 rings (SSSR count). The molecule has 78 valence electrons. The summed E-state index contributed by atoms with van der Waals surface area (Å²) in [7, 11) is 3.57. The molecular weight excluding hydrogens is 190 g/mol. The Bertz CT molecular complexity index is 526. The third-order valence-corrected chi connectivity index (χ3v) is 2.63. The molecule has 0 bridgehead atoms. The van der Waals surface area contributed by atoms with Gasteiger partial charge in [-0.25, -0.2) is 0 Å². The molecule has 0 aliphatic rings. The highest BCUT2D eigenvalue weighted by atomic mass is 16.5. The number of carbonyl (C=O) groups is 1. The predicted molar refractivity (Wildman–Crippen MR) is 59.6 cm³/mol. The number of aryl methyl sites for hydroxylation is 2. The first-order valence-electron chi connectivity index (χ1n) is 4.76. The number of hydrogen-bond donors (Lipinski definition) is 0. The molecule has 0 N–H and O–H groups in total. The molecule has 1 heterocycles. The Morgan fingerprint density at radius 1 is 1.40 bits per heavy atom. The zero-order chi connectivity index (χ0) is 11.0. The first-order chi connectivity index (χ1) is 7.17. The molecular formula is C12H13NO2. The lowest BCUT2D eigenvalue weighted by atomic mass is 10.1. The van der Waals surface area contributed by atoms with Gasteiger partial charge < -0.3 is 9.30 Å². The summed E-state index contributed by atoms with van der Waals surface area (Å²) in [6.45, 7) is 2.01. The number of hydrogen-bond acceptors (Lipinski definition) is 2. The van der Waals surface area contributed by atoms with Crippen molar-refractivity contribution < 1.29 is 9.53 Å². The Hall–Kier alpha value is -1.77. The van der Waals surface area contributed by atoms with E-state index < -0.39 is 0 Å². The van der Waals surface area contributed by atoms with Gasteiger partial charge in [0.05, 0.1) is 12.6 Å². The molecule has 0 aliphatic heterocycles. The molecule has 0 saturated carbocycles. The molecule has 0 amide bonds. The van der Waals surface area contributed by atoms with Gasteiger partial charge in [-0.1, -0.05) is 0 Å². The van der Waals surface area contributed by atoms with Crippen molar-refractivity contribution in [1.29, 1.82) is 0 Å². The van der Waals surface area contributed by atoms with Crippen LogP contribution in [0.5, 0.6) is 5.75 Å². The highest BCUT2D eigenvalue weighted by molar-refractivity contribution is 5.99. The number of carbonyl (C=O) groups excluding carboxylic acids is 1. The molecule has 3 heteroatoms. The molecule has 2 aromatic rings. The molecule has 1 aromatic heterocycles. The van der Waals surface area contributed by atoms with Gasteiger partial charge in [-0.15, -0.1) is 0 Å². The Labute approximate surface area is 88.3 Å². The lowest BCUT2D eigenvalue weighted by molar-refractivity contribution is 0.112. The van der Waals surface area contributed by atoms with E-state index in [-0.39, 0.29) is 0 Å². The smallest absolute Gasteiger partial charge is 0.152 e. The van der Waals surface area contributed by atoms with E-state index >= 15 is 0 Å². The van der Waals surface area contributed by atoms with Gasteiger partial charge in [0.2, 0.25) is 0 Å². The molecule has 0 aliphatic carbocycles. The molecule has 0 spiro atoms. The summed E-state index contributed by atoms with van der Waals surface area (Å²) in [4.78, 5) is 10.9. The van der Waals surface area contributed by atoms with E-state index in [1.54, 1.807) is 7.11 Å². The Balaban J connectivity index is 2.87. The van der Waals surface area contributed by atoms with Crippen LogP contribution in [0, 0.1) is 6.92 Å². The van der Waals surface area contributed by atoms with Crippen LogP contribution in [-0.2, 0) is 7.05 Å². The fraction of sp³-hybridized carbons (Fsp3) is 0.250. The first kappa shape index (κ1) is 9.77. The van der Waals surface area contributed by atoms with Crippen molar-refractivity contribution in [3.63, 3.8) is 0 Å². The Morgan fingerprint density at radius 3 is 2.73 bits per heavy atom. The average Bonchev–Trinajstić information content (AvgIpc) is 2.55. The number of benzene rings is 1. The Kier molecular flexibility index (Phi) is 2.23. The van der Waals surface area contributed by atoms with Crippen molar-refractivity contribution >= 4 is 17.2 Å². The van der Waals surface area contributed by atoms with Crippen molar-refractivity contribution in [2.45, 2.75) is 6.92 Å². The highest BCUT2D eigenvalue weighted by Gasteiger charge is 2.09. The van der Waals surface area contributed by atoms with Crippen LogP contribution in [0.3, 0.4) is 0 Å². The van der Waals surface area contributed by atoms with E-state index in [2.05, 4.69) is 0 Å². The van der Waals surface area contributed by atoms with Crippen molar-refractivity contribution in [2.75, 3.05) is 7.11 Å². The van der Waals surface area contributed by atoms with Gasteiger partial charge in [-0.05, 0) is 24.6 Å². The zero-order valence-electron chi connectivity index (χ0n) is 9.07. The zero-order valence-corrected chi connectivity index (χ0v) is 9.07. The van der Waals surface area contributed by atoms with Gasteiger partial charge in [-0.2, -0.15) is 0 Å². The van der Waals surface area contributed by atoms with Gasteiger partial charge in [0.1, 0.15) is 5.75 Å². The monoisotopic (exact) mass is 203 g/mol. The first-order valence-corrected chi connectivity index (χ1v) is 4.76. The van der Waals surface area contributed by atoms with Crippen LogP contribution in [-0.4, -0.2) is 18.0 Å². The van der Waals surface area contributed by atoms with E-state index in [1.165, 1.54) is 0 Å². The lowest BCUT2D eigenvalue weighted by Crippen LogP contribution is -1.89. The minimum absolute atomic E-state index is 0.703. The second kappa shape index (κ2) is 3.42. The normalized spacial score (nSPS) is 10.6. The van der Waals surface area contributed by atoms with Crippen molar-refractivity contribution in [3.8, 4) is 5.75 Å². The SMILES string of the molecule is COc1cc(C)c2c(c1)c(C=O)cn2C. The van der Waals surface area contributed by atoms with E-state index in [4.69, 9.17) is 4.74 Å². The number of methoxy groups -OCH3 is 1. The summed E-state index contributed by atoms with van der Waals surface area (Å²) in [5.41, 5.74) is 2.90. The van der Waals surface area contributed by atoms with E-state index in [0.717, 1.165) is 28.5 Å². The molecule has 0 radical (unpaired) electrons. The van der Waals surface area contributed by atoms with Crippen LogP contribution in [0.15, 0.2) is 18.3 Å². The maximum atomic E-state index is 10.9. The van der Waals surface area contributed by atoms with E-state index in [9.17, 15) is 4.79 Å². The van der Waals surface area contributed by atoms with E-state index in [1.807, 2.05) is 36.9 Å². The highest BCUT2D eigenvalue weighted by Crippen LogP contribution is 2.27. The van der Waals surface area contributed by atoms with Crippen LogP contribution < -0.4 is 4.74 Å². The number of aldehydes is 1. The summed E-state index contributed by atoms with van der Waals surface area (Å²) < 4.78 is 7.15. The fourth-order valence-corrected chi connectivity index (χ4v) is 1.99. The average molecular weight is 203 g/mol. The summed E-state index contributed by atoms with van der Waals surface area (Å²) in [6.07, 6.45) is 2.71. The number of nitrogens with zero attached hydrogens (tertiary/aromatic N) is 1. The molecule has 0 unspecified atom stereocenters. The number of fused-ring (bicyclic) bond motifs is 1. The topological polar surface area (TPSA) is 31.2 Å². The second-order valence-electron chi connectivity index (χ2n) is 3.65. The summed E-state index contributed by atoms with van der Waals surface area (Å²) in [5, 5.41) is 0.948. The van der Waals surface area contributed by atoms with Crippen LogP contribution in [0.2, 0.25) is 0 Å². The van der Waals surface area contributed by atoms with Gasteiger partial charge in [0.25, 0.3) is 0 Å². The third-order valence-electron chi connectivity index (χ3n) is 2.63. The van der Waals surface area contributed by atoms with Gasteiger partial charge in [0.15, 0.2) is 6.29 Å². The van der Waals surface area contributed by atoms with Crippen molar-refractivity contribution in [3.05, 3.63) is 29.5 Å². The Morgan fingerprint density at radius 2 is 2.13 bits per heavy atom. The molecule has 0 fully saturated rings. The minimum Gasteiger partial charge on any atom is -0.497 e. The largest absolute Gasteiger partial charge is 0.497 e. The summed E-state index contributed by atoms with van der Waals surface area (Å²) in [6, 6.07) is 3.86. The van der Waals surface area contributed by atoms with Crippen LogP contribution >= 0.6 is 0 Å². The number of rotatable bonds is 2. The fourth-order valence-electron chi connectivity index (χ4n) is 1.99. The third kappa shape index (κ3) is 1.40. The van der Waals surface area contributed by atoms with Gasteiger partial charge in [0, 0.05) is 24.2 Å². The second-order valence-corrected chi connectivity index (χ2v) is 3.65. The van der Waals surface area contributed by atoms with Crippen molar-refractivity contribution in [2.24, 2.45) is 7.05 Å². The van der Waals surface area contributed by atoms with Crippen LogP contribution in [0.25, 0.3) is 10.9 Å². The van der Waals surface area contributed by atoms with Crippen LogP contribution in [0.4, 0.5) is 0 Å². The standard InChI is InChI=1S/C12H13NO2/c1-8-4-10(15-3)5-11-9(7-14)6-13(2)12(8)11/h4-7H,1-3H3. The maximum Gasteiger partial charge on any atom is 0.152 e. The quantitative estimate of drug-likeness (QED) is 0.701. The molecule has 3 nitrogen and oxygen atoms in total. The van der Waals surface area contributed by atoms with Crippen LogP contribution in [0.1, 0.15) is 15.9 Å². The minimum atomic E-state index is 0.703. The predicted octanol–water partition coefficient (Wildman–Crippen LogP) is 2.31. The molecule has 1 aromatic carbocycles. The van der Waals surface area contributed by atoms with Crippen molar-refractivity contribution in [1.82, 2.24) is 4.57 Å². The summed E-state index contributed by atoms with van der Waals surface area (Å²) >= 11 is 0. The maximum absolute atomic E-state index is 10.9. The lowest BCUT2D eigenvalue weighted by Gasteiger charge is -2.04. The number of aromatic nitrogens is 1. The molecule has 0 saturated heterocycles. The van der Waals surface area contributed by atoms with E-state index in [0.29, 0.717) is 5.56 Å². The van der Waals surface area contributed by atoms with Gasteiger partial charge in [-0.3, -0.25) is 4.79 Å². The summed E-state index contributed by atoms with van der Waals surface area (Å²) in [5.74, 6) is 0.786. The number of ether oxygens (including phenoxy) is 1. The molecule has 0 atom stereocenters. The molecule has 15 heavy (non-hydrogen) atoms.